The molecule has 0 aliphatic carbocycles. The lowest BCUT2D eigenvalue weighted by atomic mass is 9.94. The number of halogens is 2. The first-order chi connectivity index (χ1) is 10.0. The van der Waals surface area contributed by atoms with E-state index < -0.39 is 30.9 Å². The van der Waals surface area contributed by atoms with Gasteiger partial charge in [-0.15, -0.1) is 0 Å². The van der Waals surface area contributed by atoms with Gasteiger partial charge < -0.3 is 5.11 Å². The third-order valence-corrected chi connectivity index (χ3v) is 3.52. The molecular weight excluding hydrogens is 280 g/mol. The van der Waals surface area contributed by atoms with Crippen molar-refractivity contribution in [1.29, 1.82) is 0 Å². The minimum Gasteiger partial charge on any atom is -0.385 e. The molecule has 2 aromatic carbocycles. The van der Waals surface area contributed by atoms with Crippen LogP contribution in [0.2, 0.25) is 0 Å². The average Bonchev–Trinajstić information content (AvgIpc) is 2.48. The van der Waals surface area contributed by atoms with Crippen molar-refractivity contribution in [1.82, 2.24) is 4.90 Å². The standard InChI is InChI=1S/C15H11F2NO3/c16-13(17)11(19)7-18-14(20)9-5-1-3-8-4-2-6-10(12(8)9)15(18)21/h1-6,11,13,19H,7H2. The van der Waals surface area contributed by atoms with Crippen LogP contribution < -0.4 is 0 Å². The molecule has 2 aromatic rings. The summed E-state index contributed by atoms with van der Waals surface area (Å²) in [7, 11) is 0. The largest absolute Gasteiger partial charge is 0.385 e. The number of benzene rings is 2. The lowest BCUT2D eigenvalue weighted by molar-refractivity contribution is -0.0181. The molecule has 3 rings (SSSR count). The zero-order valence-electron chi connectivity index (χ0n) is 10.8. The minimum atomic E-state index is -3.02. The third kappa shape index (κ3) is 2.08. The summed E-state index contributed by atoms with van der Waals surface area (Å²) in [4.78, 5) is 25.3. The van der Waals surface area contributed by atoms with Crippen molar-refractivity contribution in [2.24, 2.45) is 0 Å². The van der Waals surface area contributed by atoms with Crippen LogP contribution in [0.5, 0.6) is 0 Å². The summed E-state index contributed by atoms with van der Waals surface area (Å²) in [6.45, 7) is -0.722. The van der Waals surface area contributed by atoms with Gasteiger partial charge in [-0.2, -0.15) is 0 Å². The van der Waals surface area contributed by atoms with E-state index in [1.54, 1.807) is 36.4 Å². The highest BCUT2D eigenvalue weighted by atomic mass is 19.3. The average molecular weight is 291 g/mol. The van der Waals surface area contributed by atoms with E-state index >= 15 is 0 Å². The van der Waals surface area contributed by atoms with Crippen molar-refractivity contribution in [2.45, 2.75) is 12.5 Å². The molecule has 108 valence electrons. The van der Waals surface area contributed by atoms with Crippen LogP contribution in [0, 0.1) is 0 Å². The van der Waals surface area contributed by atoms with E-state index in [0.29, 0.717) is 10.3 Å². The van der Waals surface area contributed by atoms with Crippen molar-refractivity contribution in [3.8, 4) is 0 Å². The van der Waals surface area contributed by atoms with Gasteiger partial charge >= 0.3 is 0 Å². The van der Waals surface area contributed by atoms with E-state index in [0.717, 1.165) is 5.39 Å². The topological polar surface area (TPSA) is 57.6 Å². The first-order valence-electron chi connectivity index (χ1n) is 6.35. The van der Waals surface area contributed by atoms with Gasteiger partial charge in [-0.1, -0.05) is 24.3 Å². The maximum Gasteiger partial charge on any atom is 0.265 e. The minimum absolute atomic E-state index is 0.282. The molecule has 0 bridgehead atoms. The summed E-state index contributed by atoms with van der Waals surface area (Å²) in [5.74, 6) is -1.33. The molecule has 1 unspecified atom stereocenters. The van der Waals surface area contributed by atoms with Gasteiger partial charge in [-0.05, 0) is 17.5 Å². The third-order valence-electron chi connectivity index (χ3n) is 3.52. The smallest absolute Gasteiger partial charge is 0.265 e. The van der Waals surface area contributed by atoms with Crippen LogP contribution in [0.15, 0.2) is 36.4 Å². The molecule has 6 heteroatoms. The Bertz CT molecular complexity index is 694. The monoisotopic (exact) mass is 291 g/mol. The van der Waals surface area contributed by atoms with Gasteiger partial charge in [0.15, 0.2) is 0 Å². The second-order valence-electron chi connectivity index (χ2n) is 4.83. The van der Waals surface area contributed by atoms with Crippen molar-refractivity contribution in [2.75, 3.05) is 6.54 Å². The number of rotatable bonds is 3. The van der Waals surface area contributed by atoms with Crippen molar-refractivity contribution < 1.29 is 23.5 Å². The Kier molecular flexibility index (Phi) is 3.17. The Hall–Kier alpha value is -2.34. The van der Waals surface area contributed by atoms with Crippen molar-refractivity contribution in [3.63, 3.8) is 0 Å². The highest BCUT2D eigenvalue weighted by Crippen LogP contribution is 2.30. The van der Waals surface area contributed by atoms with E-state index in [1.165, 1.54) is 0 Å². The molecule has 0 fully saturated rings. The first-order valence-corrected chi connectivity index (χ1v) is 6.35. The molecule has 0 saturated heterocycles. The van der Waals surface area contributed by atoms with E-state index in [9.17, 15) is 23.5 Å². The Morgan fingerprint density at radius 3 is 2.00 bits per heavy atom. The molecule has 0 aromatic heterocycles. The fourth-order valence-corrected chi connectivity index (χ4v) is 2.51. The predicted octanol–water partition coefficient (Wildman–Crippen LogP) is 2.06. The molecule has 0 spiro atoms. The number of hydrogen-bond donors (Lipinski definition) is 1. The Balaban J connectivity index is 2.11. The molecule has 0 radical (unpaired) electrons. The number of imide groups is 1. The predicted molar refractivity (Wildman–Crippen MR) is 71.3 cm³/mol. The summed E-state index contributed by atoms with van der Waals surface area (Å²) in [6, 6.07) is 9.96. The highest BCUT2D eigenvalue weighted by Gasteiger charge is 2.35. The van der Waals surface area contributed by atoms with E-state index in [2.05, 4.69) is 0 Å². The fourth-order valence-electron chi connectivity index (χ4n) is 2.51. The molecule has 1 atom stereocenters. The first kappa shape index (κ1) is 13.6. The van der Waals surface area contributed by atoms with Gasteiger partial charge in [-0.3, -0.25) is 14.5 Å². The molecule has 1 heterocycles. The lowest BCUT2D eigenvalue weighted by Crippen LogP contribution is -2.46. The van der Waals surface area contributed by atoms with Crippen LogP contribution in [-0.4, -0.2) is 40.9 Å². The van der Waals surface area contributed by atoms with Crippen LogP contribution in [0.4, 0.5) is 8.78 Å². The Morgan fingerprint density at radius 1 is 1.00 bits per heavy atom. The van der Waals surface area contributed by atoms with Crippen LogP contribution in [-0.2, 0) is 0 Å². The number of aliphatic hydroxyl groups excluding tert-OH is 1. The van der Waals surface area contributed by atoms with E-state index in [-0.39, 0.29) is 11.1 Å². The van der Waals surface area contributed by atoms with Gasteiger partial charge in [0.2, 0.25) is 0 Å². The molecule has 2 amide bonds. The van der Waals surface area contributed by atoms with Gasteiger partial charge in [0, 0.05) is 16.5 Å². The molecule has 1 aliphatic rings. The number of carbonyl (C=O) groups excluding carboxylic acids is 2. The molecule has 1 aliphatic heterocycles. The lowest BCUT2D eigenvalue weighted by Gasteiger charge is -2.28. The number of aliphatic hydroxyl groups is 1. The second kappa shape index (κ2) is 4.89. The summed E-state index contributed by atoms with van der Waals surface area (Å²) < 4.78 is 24.9. The van der Waals surface area contributed by atoms with E-state index in [1.807, 2.05) is 0 Å². The molecule has 4 nitrogen and oxygen atoms in total. The van der Waals surface area contributed by atoms with Gasteiger partial charge in [0.1, 0.15) is 6.10 Å². The van der Waals surface area contributed by atoms with Crippen LogP contribution in [0.3, 0.4) is 0 Å². The van der Waals surface area contributed by atoms with Crippen LogP contribution >= 0.6 is 0 Å². The maximum atomic E-state index is 12.5. The number of amides is 2. The zero-order valence-corrected chi connectivity index (χ0v) is 10.8. The summed E-state index contributed by atoms with van der Waals surface area (Å²) in [5.41, 5.74) is 0.563. The van der Waals surface area contributed by atoms with Gasteiger partial charge in [0.05, 0.1) is 6.54 Å². The Labute approximate surface area is 118 Å². The summed E-state index contributed by atoms with van der Waals surface area (Å²) in [5, 5.41) is 10.5. The maximum absolute atomic E-state index is 12.5. The van der Waals surface area contributed by atoms with Crippen LogP contribution in [0.25, 0.3) is 10.8 Å². The molecule has 1 N–H and O–H groups in total. The fraction of sp³-hybridized carbons (Fsp3) is 0.200. The van der Waals surface area contributed by atoms with Gasteiger partial charge in [0.25, 0.3) is 18.2 Å². The Morgan fingerprint density at radius 2 is 1.52 bits per heavy atom. The molecule has 0 saturated carbocycles. The number of carbonyl (C=O) groups is 2. The number of β-amino-alcohol motifs (C(OH)–C–C–N with tert-alkyl or cyclic N) is 1. The number of alkyl halides is 2. The van der Waals surface area contributed by atoms with Crippen LogP contribution in [0.1, 0.15) is 20.7 Å². The normalized spacial score (nSPS) is 15.9. The van der Waals surface area contributed by atoms with Crippen molar-refractivity contribution in [3.05, 3.63) is 47.5 Å². The second-order valence-corrected chi connectivity index (χ2v) is 4.83. The van der Waals surface area contributed by atoms with Gasteiger partial charge in [-0.25, -0.2) is 8.78 Å². The molecular formula is C15H11F2NO3. The highest BCUT2D eigenvalue weighted by molar-refractivity contribution is 6.25. The number of nitrogens with zero attached hydrogens (tertiary/aromatic N) is 1. The zero-order chi connectivity index (χ0) is 15.1. The summed E-state index contributed by atoms with van der Waals surface area (Å²) in [6.07, 6.45) is -5.07. The quantitative estimate of drug-likeness (QED) is 0.881. The van der Waals surface area contributed by atoms with Crippen molar-refractivity contribution >= 4 is 22.6 Å². The van der Waals surface area contributed by atoms with E-state index in [4.69, 9.17) is 0 Å². The number of hydrogen-bond acceptors (Lipinski definition) is 3. The molecule has 21 heavy (non-hydrogen) atoms. The SMILES string of the molecule is O=C1c2cccc3cccc(c23)C(=O)N1CC(O)C(F)F. The summed E-state index contributed by atoms with van der Waals surface area (Å²) >= 11 is 0.